The van der Waals surface area contributed by atoms with E-state index in [9.17, 15) is 23.2 Å². The van der Waals surface area contributed by atoms with Crippen LogP contribution in [0.3, 0.4) is 0 Å². The van der Waals surface area contributed by atoms with E-state index in [4.69, 9.17) is 4.42 Å². The van der Waals surface area contributed by atoms with E-state index >= 15 is 0 Å². The second-order valence-electron chi connectivity index (χ2n) is 7.01. The first-order valence-electron chi connectivity index (χ1n) is 9.13. The molecule has 3 aromatic rings. The highest BCUT2D eigenvalue weighted by molar-refractivity contribution is 9.10. The van der Waals surface area contributed by atoms with Gasteiger partial charge in [0.05, 0.1) is 11.1 Å². The SMILES string of the molecule is C[C@@H]1CN(C(=O)c2ccc(Br)o2)CCN1C(=O)C(=O)c1c[nH]c2c(F)ccc(F)c12. The van der Waals surface area contributed by atoms with Crippen molar-refractivity contribution >= 4 is 44.4 Å². The third kappa shape index (κ3) is 3.41. The average Bonchev–Trinajstić information content (AvgIpc) is 3.36. The van der Waals surface area contributed by atoms with Crippen LogP contribution >= 0.6 is 15.9 Å². The van der Waals surface area contributed by atoms with Crippen LogP contribution in [-0.2, 0) is 4.79 Å². The zero-order valence-electron chi connectivity index (χ0n) is 15.7. The summed E-state index contributed by atoms with van der Waals surface area (Å²) in [5.41, 5.74) is -0.391. The molecule has 1 aromatic carbocycles. The number of nitrogens with one attached hydrogen (secondary N) is 1. The number of nitrogens with zero attached hydrogens (tertiary/aromatic N) is 2. The van der Waals surface area contributed by atoms with Crippen LogP contribution in [0.2, 0.25) is 0 Å². The molecular weight excluding hydrogens is 464 g/mol. The number of fused-ring (bicyclic) bond motifs is 1. The van der Waals surface area contributed by atoms with Gasteiger partial charge in [-0.05, 0) is 47.1 Å². The lowest BCUT2D eigenvalue weighted by atomic mass is 10.1. The molecule has 156 valence electrons. The molecule has 1 saturated heterocycles. The number of carbonyl (C=O) groups excluding carboxylic acids is 3. The minimum atomic E-state index is -0.938. The van der Waals surface area contributed by atoms with Crippen molar-refractivity contribution in [1.29, 1.82) is 0 Å². The van der Waals surface area contributed by atoms with Crippen molar-refractivity contribution in [2.45, 2.75) is 13.0 Å². The van der Waals surface area contributed by atoms with Crippen LogP contribution in [0.5, 0.6) is 0 Å². The average molecular weight is 480 g/mol. The molecule has 2 aromatic heterocycles. The van der Waals surface area contributed by atoms with Gasteiger partial charge in [-0.2, -0.15) is 0 Å². The Kier molecular flexibility index (Phi) is 5.19. The number of benzene rings is 1. The van der Waals surface area contributed by atoms with Gasteiger partial charge < -0.3 is 19.2 Å². The van der Waals surface area contributed by atoms with Crippen molar-refractivity contribution in [2.75, 3.05) is 19.6 Å². The molecule has 30 heavy (non-hydrogen) atoms. The van der Waals surface area contributed by atoms with Gasteiger partial charge in [-0.3, -0.25) is 14.4 Å². The zero-order valence-corrected chi connectivity index (χ0v) is 17.3. The van der Waals surface area contributed by atoms with Gasteiger partial charge in [0.2, 0.25) is 0 Å². The molecule has 1 N–H and O–H groups in total. The minimum absolute atomic E-state index is 0.124. The number of Topliss-reactive ketones (excluding diaryl/α,β-unsaturated/α-hetero) is 1. The monoisotopic (exact) mass is 479 g/mol. The summed E-state index contributed by atoms with van der Waals surface area (Å²) in [6, 6.07) is 4.55. The van der Waals surface area contributed by atoms with E-state index in [0.717, 1.165) is 18.3 Å². The van der Waals surface area contributed by atoms with Crippen LogP contribution in [0.1, 0.15) is 27.8 Å². The molecule has 1 atom stereocenters. The highest BCUT2D eigenvalue weighted by Crippen LogP contribution is 2.26. The molecule has 3 heterocycles. The van der Waals surface area contributed by atoms with Gasteiger partial charge in [0.15, 0.2) is 10.4 Å². The number of aromatic amines is 1. The van der Waals surface area contributed by atoms with Crippen LogP contribution < -0.4 is 0 Å². The number of aromatic nitrogens is 1. The fraction of sp³-hybridized carbons (Fsp3) is 0.250. The largest absolute Gasteiger partial charge is 0.444 e. The van der Waals surface area contributed by atoms with Crippen LogP contribution in [0, 0.1) is 11.6 Å². The molecule has 0 spiro atoms. The standard InChI is InChI=1S/C20H16BrF2N3O4/c1-10-9-25(19(28)14-4-5-15(21)30-14)6-7-26(10)20(29)18(27)11-8-24-17-13(23)3-2-12(22)16(11)17/h2-5,8,10,24H,6-7,9H2,1H3/t10-/m1/s1. The number of ketones is 1. The first kappa shape index (κ1) is 20.3. The van der Waals surface area contributed by atoms with Crippen molar-refractivity contribution in [1.82, 2.24) is 14.8 Å². The Labute approximate surface area is 177 Å². The van der Waals surface area contributed by atoms with Crippen LogP contribution in [0.15, 0.2) is 39.5 Å². The number of halogens is 3. The van der Waals surface area contributed by atoms with Gasteiger partial charge in [0, 0.05) is 37.3 Å². The number of amides is 2. The molecule has 0 aliphatic carbocycles. The third-order valence-electron chi connectivity index (χ3n) is 5.13. The number of H-pyrrole nitrogens is 1. The van der Waals surface area contributed by atoms with Crippen LogP contribution in [0.25, 0.3) is 10.9 Å². The Morgan fingerprint density at radius 3 is 2.53 bits per heavy atom. The minimum Gasteiger partial charge on any atom is -0.444 e. The number of furan rings is 1. The Morgan fingerprint density at radius 1 is 1.13 bits per heavy atom. The lowest BCUT2D eigenvalue weighted by Gasteiger charge is -2.39. The molecule has 0 bridgehead atoms. The lowest BCUT2D eigenvalue weighted by molar-refractivity contribution is -0.130. The lowest BCUT2D eigenvalue weighted by Crippen LogP contribution is -2.56. The number of hydrogen-bond acceptors (Lipinski definition) is 4. The molecule has 0 saturated carbocycles. The van der Waals surface area contributed by atoms with Crippen molar-refractivity contribution in [3.63, 3.8) is 0 Å². The van der Waals surface area contributed by atoms with Gasteiger partial charge in [-0.1, -0.05) is 0 Å². The van der Waals surface area contributed by atoms with E-state index in [1.165, 1.54) is 9.80 Å². The first-order valence-corrected chi connectivity index (χ1v) is 9.92. The Bertz CT molecular complexity index is 1170. The normalized spacial score (nSPS) is 16.9. The third-order valence-corrected chi connectivity index (χ3v) is 5.56. The van der Waals surface area contributed by atoms with Crippen molar-refractivity contribution in [2.24, 2.45) is 0 Å². The predicted molar refractivity (Wildman–Crippen MR) is 106 cm³/mol. The van der Waals surface area contributed by atoms with Crippen LogP contribution in [-0.4, -0.2) is 58.1 Å². The second-order valence-corrected chi connectivity index (χ2v) is 7.79. The first-order chi connectivity index (χ1) is 14.3. The van der Waals surface area contributed by atoms with E-state index in [1.807, 2.05) is 0 Å². The fourth-order valence-corrected chi connectivity index (χ4v) is 3.93. The summed E-state index contributed by atoms with van der Waals surface area (Å²) >= 11 is 3.15. The molecular formula is C20H16BrF2N3O4. The maximum absolute atomic E-state index is 14.2. The second kappa shape index (κ2) is 7.67. The van der Waals surface area contributed by atoms with E-state index in [0.29, 0.717) is 4.67 Å². The van der Waals surface area contributed by atoms with Crippen molar-refractivity contribution < 1.29 is 27.6 Å². The molecule has 0 unspecified atom stereocenters. The smallest absolute Gasteiger partial charge is 0.295 e. The van der Waals surface area contributed by atoms with Crippen molar-refractivity contribution in [3.8, 4) is 0 Å². The van der Waals surface area contributed by atoms with E-state index in [2.05, 4.69) is 20.9 Å². The Morgan fingerprint density at radius 2 is 1.87 bits per heavy atom. The summed E-state index contributed by atoms with van der Waals surface area (Å²) in [5, 5.41) is -0.252. The fourth-order valence-electron chi connectivity index (χ4n) is 3.63. The molecule has 1 aliphatic heterocycles. The maximum Gasteiger partial charge on any atom is 0.295 e. The molecule has 2 amide bonds. The van der Waals surface area contributed by atoms with Gasteiger partial charge >= 0.3 is 0 Å². The predicted octanol–water partition coefficient (Wildman–Crippen LogP) is 3.36. The van der Waals surface area contributed by atoms with Gasteiger partial charge in [0.25, 0.3) is 17.6 Å². The van der Waals surface area contributed by atoms with Gasteiger partial charge in [-0.25, -0.2) is 8.78 Å². The topological polar surface area (TPSA) is 86.6 Å². The molecule has 1 fully saturated rings. The maximum atomic E-state index is 14.2. The van der Waals surface area contributed by atoms with Gasteiger partial charge in [-0.15, -0.1) is 0 Å². The summed E-state index contributed by atoms with van der Waals surface area (Å²) in [6.07, 6.45) is 1.14. The van der Waals surface area contributed by atoms with E-state index < -0.39 is 29.4 Å². The van der Waals surface area contributed by atoms with E-state index in [-0.39, 0.29) is 47.8 Å². The Hall–Kier alpha value is -3.01. The van der Waals surface area contributed by atoms with Crippen LogP contribution in [0.4, 0.5) is 8.78 Å². The number of carbonyl (C=O) groups is 3. The highest BCUT2D eigenvalue weighted by Gasteiger charge is 2.35. The number of piperazine rings is 1. The number of hydrogen-bond donors (Lipinski definition) is 1. The zero-order chi connectivity index (χ0) is 21.6. The van der Waals surface area contributed by atoms with Crippen molar-refractivity contribution in [3.05, 3.63) is 58.1 Å². The summed E-state index contributed by atoms with van der Waals surface area (Å²) in [5.74, 6) is -3.44. The molecule has 10 heteroatoms. The Balaban J connectivity index is 1.51. The summed E-state index contributed by atoms with van der Waals surface area (Å²) < 4.78 is 33.8. The van der Waals surface area contributed by atoms with Gasteiger partial charge in [0.1, 0.15) is 11.6 Å². The quantitative estimate of drug-likeness (QED) is 0.460. The number of rotatable bonds is 3. The van der Waals surface area contributed by atoms with E-state index in [1.54, 1.807) is 19.1 Å². The summed E-state index contributed by atoms with van der Waals surface area (Å²) in [6.45, 7) is 2.24. The highest BCUT2D eigenvalue weighted by atomic mass is 79.9. The molecule has 4 rings (SSSR count). The summed E-state index contributed by atoms with van der Waals surface area (Å²) in [4.78, 5) is 43.5. The summed E-state index contributed by atoms with van der Waals surface area (Å²) in [7, 11) is 0. The molecule has 7 nitrogen and oxygen atoms in total. The molecule has 0 radical (unpaired) electrons. The molecule has 1 aliphatic rings.